The van der Waals surface area contributed by atoms with Gasteiger partial charge in [-0.25, -0.2) is 12.8 Å². The lowest BCUT2D eigenvalue weighted by Crippen LogP contribution is -2.38. The van der Waals surface area contributed by atoms with E-state index in [1.807, 2.05) is 0 Å². The number of hydrogen-bond donors (Lipinski definition) is 1. The van der Waals surface area contributed by atoms with Gasteiger partial charge >= 0.3 is 6.18 Å². The highest BCUT2D eigenvalue weighted by Crippen LogP contribution is 2.33. The molecule has 1 N–H and O–H groups in total. The van der Waals surface area contributed by atoms with Crippen LogP contribution in [-0.2, 0) is 16.2 Å². The summed E-state index contributed by atoms with van der Waals surface area (Å²) in [5.41, 5.74) is -1.81. The zero-order valence-corrected chi connectivity index (χ0v) is 16.6. The van der Waals surface area contributed by atoms with E-state index >= 15 is 0 Å². The number of hydrogen-bond acceptors (Lipinski definition) is 5. The molecule has 1 aliphatic heterocycles. The number of amides is 1. The third-order valence-corrected chi connectivity index (χ3v) is 7.88. The van der Waals surface area contributed by atoms with Gasteiger partial charge in [-0.05, 0) is 29.6 Å². The number of benzene rings is 1. The molecule has 1 aromatic heterocycles. The van der Waals surface area contributed by atoms with Crippen LogP contribution in [0.5, 0.6) is 0 Å². The van der Waals surface area contributed by atoms with Crippen molar-refractivity contribution in [3.8, 4) is 0 Å². The van der Waals surface area contributed by atoms with Crippen molar-refractivity contribution < 1.29 is 30.8 Å². The minimum absolute atomic E-state index is 0.142. The fourth-order valence-electron chi connectivity index (χ4n) is 2.60. The lowest BCUT2D eigenvalue weighted by atomic mass is 10.2. The number of thiophene rings is 1. The van der Waals surface area contributed by atoms with Gasteiger partial charge in [0.05, 0.1) is 5.56 Å². The second-order valence-electron chi connectivity index (χ2n) is 5.78. The van der Waals surface area contributed by atoms with E-state index in [0.29, 0.717) is 36.7 Å². The maximum absolute atomic E-state index is 13.4. The minimum atomic E-state index is -4.92. The van der Waals surface area contributed by atoms with E-state index in [9.17, 15) is 30.8 Å². The monoisotopic (exact) mass is 454 g/mol. The van der Waals surface area contributed by atoms with Crippen molar-refractivity contribution in [3.05, 3.63) is 45.9 Å². The summed E-state index contributed by atoms with van der Waals surface area (Å²) in [6, 6.07) is 3.33. The number of alkyl halides is 3. The van der Waals surface area contributed by atoms with E-state index in [4.69, 9.17) is 0 Å². The Bertz CT molecular complexity index is 983. The van der Waals surface area contributed by atoms with Crippen molar-refractivity contribution in [2.24, 2.45) is 0 Å². The molecule has 5 nitrogen and oxygen atoms in total. The van der Waals surface area contributed by atoms with Crippen LogP contribution in [0.25, 0.3) is 0 Å². The van der Waals surface area contributed by atoms with E-state index < -0.39 is 33.5 Å². The Balaban J connectivity index is 1.87. The molecule has 0 spiro atoms. The van der Waals surface area contributed by atoms with Crippen molar-refractivity contribution in [1.29, 1.82) is 0 Å². The molecule has 12 heteroatoms. The highest BCUT2D eigenvalue weighted by molar-refractivity contribution is 7.99. The molecule has 3 rings (SSSR count). The topological polar surface area (TPSA) is 66.5 Å². The third-order valence-electron chi connectivity index (χ3n) is 3.95. The third kappa shape index (κ3) is 4.34. The number of halogens is 4. The number of carbonyl (C=O) groups is 1. The summed E-state index contributed by atoms with van der Waals surface area (Å²) < 4.78 is 78.8. The van der Waals surface area contributed by atoms with Gasteiger partial charge in [0.1, 0.15) is 15.6 Å². The maximum Gasteiger partial charge on any atom is 0.419 e. The van der Waals surface area contributed by atoms with E-state index in [1.165, 1.54) is 15.8 Å². The second kappa shape index (κ2) is 8.01. The summed E-state index contributed by atoms with van der Waals surface area (Å²) in [7, 11) is -3.90. The molecular formula is C16H14F4N2O3S3. The van der Waals surface area contributed by atoms with Crippen LogP contribution < -0.4 is 5.32 Å². The average molecular weight is 454 g/mol. The van der Waals surface area contributed by atoms with Crippen molar-refractivity contribution in [2.75, 3.05) is 29.9 Å². The largest absolute Gasteiger partial charge is 0.419 e. The molecule has 0 bridgehead atoms. The molecule has 0 aliphatic carbocycles. The fourth-order valence-corrected chi connectivity index (χ4v) is 6.47. The molecule has 2 aromatic rings. The fraction of sp³-hybridized carbons (Fsp3) is 0.312. The van der Waals surface area contributed by atoms with E-state index in [-0.39, 0.29) is 15.5 Å². The molecule has 28 heavy (non-hydrogen) atoms. The van der Waals surface area contributed by atoms with Crippen LogP contribution in [0.1, 0.15) is 15.2 Å². The molecule has 1 aromatic carbocycles. The van der Waals surface area contributed by atoms with Crippen LogP contribution in [0, 0.1) is 5.82 Å². The quantitative estimate of drug-likeness (QED) is 0.712. The molecule has 1 saturated heterocycles. The number of sulfonamides is 1. The van der Waals surface area contributed by atoms with Crippen molar-refractivity contribution in [2.45, 2.75) is 11.1 Å². The number of anilines is 1. The molecule has 1 aliphatic rings. The average Bonchev–Trinajstić information content (AvgIpc) is 3.14. The Morgan fingerprint density at radius 2 is 1.82 bits per heavy atom. The maximum atomic E-state index is 13.4. The van der Waals surface area contributed by atoms with Crippen LogP contribution in [0.15, 0.2) is 34.5 Å². The SMILES string of the molecule is O=C(Nc1ccc(F)c(C(F)(F)F)c1)c1sccc1S(=O)(=O)N1CCSCC1. The number of rotatable bonds is 4. The second-order valence-corrected chi connectivity index (χ2v) is 9.82. The van der Waals surface area contributed by atoms with Gasteiger partial charge in [0, 0.05) is 30.3 Å². The number of nitrogens with one attached hydrogen (secondary N) is 1. The predicted octanol–water partition coefficient (Wildman–Crippen LogP) is 3.90. The van der Waals surface area contributed by atoms with Gasteiger partial charge in [-0.1, -0.05) is 0 Å². The van der Waals surface area contributed by atoms with Gasteiger partial charge in [-0.3, -0.25) is 4.79 Å². The normalized spacial score (nSPS) is 16.1. The molecule has 2 heterocycles. The lowest BCUT2D eigenvalue weighted by Gasteiger charge is -2.25. The Kier molecular flexibility index (Phi) is 6.03. The van der Waals surface area contributed by atoms with Gasteiger partial charge in [0.25, 0.3) is 5.91 Å². The van der Waals surface area contributed by atoms with Crippen molar-refractivity contribution >= 4 is 44.7 Å². The van der Waals surface area contributed by atoms with Gasteiger partial charge in [-0.2, -0.15) is 29.2 Å². The standard InChI is InChI=1S/C16H14F4N2O3S3/c17-12-2-1-10(9-11(12)16(18,19)20)21-15(23)14-13(3-6-27-14)28(24,25)22-4-7-26-8-5-22/h1-3,6,9H,4-5,7-8H2,(H,21,23). The molecule has 1 amide bonds. The highest BCUT2D eigenvalue weighted by atomic mass is 32.2. The van der Waals surface area contributed by atoms with E-state index in [0.717, 1.165) is 17.4 Å². The number of nitrogens with zero attached hydrogens (tertiary/aromatic N) is 1. The van der Waals surface area contributed by atoms with Gasteiger partial charge < -0.3 is 5.32 Å². The predicted molar refractivity (Wildman–Crippen MR) is 99.8 cm³/mol. The van der Waals surface area contributed by atoms with E-state index in [2.05, 4.69) is 5.32 Å². The Hall–Kier alpha value is -1.63. The molecule has 0 atom stereocenters. The summed E-state index contributed by atoms with van der Waals surface area (Å²) in [5.74, 6) is -1.06. The Labute approximate surface area is 166 Å². The number of thioether (sulfide) groups is 1. The highest BCUT2D eigenvalue weighted by Gasteiger charge is 2.35. The Morgan fingerprint density at radius 1 is 1.14 bits per heavy atom. The first-order chi connectivity index (χ1) is 13.1. The molecule has 0 saturated carbocycles. The summed E-state index contributed by atoms with van der Waals surface area (Å²) in [5, 5.41) is 3.64. The van der Waals surface area contributed by atoms with Crippen LogP contribution in [0.4, 0.5) is 23.2 Å². The van der Waals surface area contributed by atoms with E-state index in [1.54, 1.807) is 11.8 Å². The summed E-state index contributed by atoms with van der Waals surface area (Å²) in [6.07, 6.45) is -4.92. The van der Waals surface area contributed by atoms with Crippen molar-refractivity contribution in [1.82, 2.24) is 4.31 Å². The smallest absolute Gasteiger partial charge is 0.321 e. The molecular weight excluding hydrogens is 440 g/mol. The van der Waals surface area contributed by atoms with Gasteiger partial charge in [-0.15, -0.1) is 11.3 Å². The first-order valence-corrected chi connectivity index (χ1v) is 11.4. The summed E-state index contributed by atoms with van der Waals surface area (Å²) in [6.45, 7) is 0.633. The first kappa shape index (κ1) is 21.1. The minimum Gasteiger partial charge on any atom is -0.321 e. The zero-order valence-electron chi connectivity index (χ0n) is 14.1. The Morgan fingerprint density at radius 3 is 2.46 bits per heavy atom. The summed E-state index contributed by atoms with van der Waals surface area (Å²) >= 11 is 2.48. The van der Waals surface area contributed by atoms with Crippen LogP contribution in [0.2, 0.25) is 0 Å². The molecule has 152 valence electrons. The van der Waals surface area contributed by atoms with Crippen LogP contribution in [0.3, 0.4) is 0 Å². The zero-order chi connectivity index (χ0) is 20.5. The lowest BCUT2D eigenvalue weighted by molar-refractivity contribution is -0.139. The molecule has 0 radical (unpaired) electrons. The van der Waals surface area contributed by atoms with Crippen LogP contribution in [-0.4, -0.2) is 43.2 Å². The molecule has 0 unspecified atom stereocenters. The number of carbonyl (C=O) groups excluding carboxylic acids is 1. The van der Waals surface area contributed by atoms with Gasteiger partial charge in [0.15, 0.2) is 0 Å². The van der Waals surface area contributed by atoms with Gasteiger partial charge in [0.2, 0.25) is 10.0 Å². The first-order valence-electron chi connectivity index (χ1n) is 7.94. The molecule has 1 fully saturated rings. The van der Waals surface area contributed by atoms with Crippen LogP contribution >= 0.6 is 23.1 Å². The summed E-state index contributed by atoms with van der Waals surface area (Å²) in [4.78, 5) is 12.2. The van der Waals surface area contributed by atoms with Crippen molar-refractivity contribution in [3.63, 3.8) is 0 Å².